The van der Waals surface area contributed by atoms with Crippen LogP contribution in [0.2, 0.25) is 0 Å². The van der Waals surface area contributed by atoms with Crippen LogP contribution in [0.1, 0.15) is 36.3 Å². The maximum absolute atomic E-state index is 4.75. The van der Waals surface area contributed by atoms with Gasteiger partial charge >= 0.3 is 0 Å². The summed E-state index contributed by atoms with van der Waals surface area (Å²) in [6.45, 7) is 8.43. The molecule has 0 saturated heterocycles. The molecular weight excluding hydrogens is 336 g/mol. The van der Waals surface area contributed by atoms with Gasteiger partial charge in [0.1, 0.15) is 0 Å². The minimum atomic E-state index is 0.125. The molecule has 0 amide bonds. The summed E-state index contributed by atoms with van der Waals surface area (Å²) in [4.78, 5) is 12.7. The fourth-order valence-corrected chi connectivity index (χ4v) is 4.00. The third-order valence-electron chi connectivity index (χ3n) is 3.79. The predicted octanol–water partition coefficient (Wildman–Crippen LogP) is 3.79. The number of aromatic nitrogens is 1. The first-order valence-corrected chi connectivity index (χ1v) is 10.0. The Morgan fingerprint density at radius 1 is 1.29 bits per heavy atom. The molecule has 2 heterocycles. The number of likely N-dealkylation sites (N-methyl/N-ethyl adjacent to an activating group) is 1. The van der Waals surface area contributed by atoms with Crippen LogP contribution in [0.5, 0.6) is 0 Å². The quantitative estimate of drug-likeness (QED) is 0.626. The van der Waals surface area contributed by atoms with Crippen LogP contribution in [0.15, 0.2) is 27.9 Å². The standard InChI is InChI=1S/C18H28N4S2/c1-18(2,3)15-13-24-16(21-15)8-10-20-17(19-4)22(5)11-9-14-7-6-12-23-14/h6-7,12-13H,8-11H2,1-5H3,(H,19,20). The highest BCUT2D eigenvalue weighted by Gasteiger charge is 2.17. The number of hydrogen-bond donors (Lipinski definition) is 1. The maximum Gasteiger partial charge on any atom is 0.193 e. The van der Waals surface area contributed by atoms with Gasteiger partial charge in [-0.25, -0.2) is 4.98 Å². The van der Waals surface area contributed by atoms with E-state index in [1.807, 2.05) is 18.4 Å². The van der Waals surface area contributed by atoms with Gasteiger partial charge in [-0.1, -0.05) is 26.8 Å². The average Bonchev–Trinajstić information content (AvgIpc) is 3.20. The second-order valence-corrected chi connectivity index (χ2v) is 8.83. The Morgan fingerprint density at radius 3 is 2.67 bits per heavy atom. The lowest BCUT2D eigenvalue weighted by Crippen LogP contribution is -2.40. The van der Waals surface area contributed by atoms with Gasteiger partial charge in [-0.3, -0.25) is 4.99 Å². The van der Waals surface area contributed by atoms with Gasteiger partial charge < -0.3 is 10.2 Å². The van der Waals surface area contributed by atoms with Gasteiger partial charge in [-0.05, 0) is 17.9 Å². The minimum Gasteiger partial charge on any atom is -0.356 e. The van der Waals surface area contributed by atoms with E-state index in [-0.39, 0.29) is 5.41 Å². The van der Waals surface area contributed by atoms with Crippen molar-refractivity contribution in [3.05, 3.63) is 38.5 Å². The predicted molar refractivity (Wildman–Crippen MR) is 107 cm³/mol. The highest BCUT2D eigenvalue weighted by atomic mass is 32.1. The van der Waals surface area contributed by atoms with Crippen LogP contribution < -0.4 is 5.32 Å². The van der Waals surface area contributed by atoms with Crippen molar-refractivity contribution in [2.75, 3.05) is 27.2 Å². The molecule has 0 saturated carbocycles. The summed E-state index contributed by atoms with van der Waals surface area (Å²) in [5.74, 6) is 0.944. The molecule has 2 aromatic heterocycles. The number of guanidine groups is 1. The summed E-state index contributed by atoms with van der Waals surface area (Å²) in [5.41, 5.74) is 1.31. The maximum atomic E-state index is 4.75. The molecule has 24 heavy (non-hydrogen) atoms. The van der Waals surface area contributed by atoms with Crippen LogP contribution in [-0.4, -0.2) is 43.0 Å². The highest BCUT2D eigenvalue weighted by molar-refractivity contribution is 7.10. The molecule has 2 rings (SSSR count). The first kappa shape index (κ1) is 18.9. The topological polar surface area (TPSA) is 40.5 Å². The van der Waals surface area contributed by atoms with Gasteiger partial charge in [0.05, 0.1) is 10.7 Å². The van der Waals surface area contributed by atoms with Gasteiger partial charge in [0, 0.05) is 49.3 Å². The average molecular weight is 365 g/mol. The van der Waals surface area contributed by atoms with Crippen LogP contribution >= 0.6 is 22.7 Å². The van der Waals surface area contributed by atoms with Crippen LogP contribution in [0.3, 0.4) is 0 Å². The van der Waals surface area contributed by atoms with E-state index in [1.165, 1.54) is 15.6 Å². The van der Waals surface area contributed by atoms with Crippen molar-refractivity contribution in [3.8, 4) is 0 Å². The van der Waals surface area contributed by atoms with Gasteiger partial charge in [0.25, 0.3) is 0 Å². The first-order chi connectivity index (χ1) is 11.4. The van der Waals surface area contributed by atoms with Gasteiger partial charge in [0.2, 0.25) is 0 Å². The molecule has 0 aliphatic rings. The van der Waals surface area contributed by atoms with Gasteiger partial charge in [-0.2, -0.15) is 0 Å². The monoisotopic (exact) mass is 364 g/mol. The fraction of sp³-hybridized carbons (Fsp3) is 0.556. The number of thiazole rings is 1. The Hall–Kier alpha value is -1.40. The molecule has 0 fully saturated rings. The van der Waals surface area contributed by atoms with Crippen LogP contribution in [0, 0.1) is 0 Å². The molecule has 1 N–H and O–H groups in total. The Balaban J connectivity index is 1.77. The third kappa shape index (κ3) is 5.60. The SMILES string of the molecule is CN=C(NCCc1nc(C(C)(C)C)cs1)N(C)CCc1cccs1. The normalized spacial score (nSPS) is 12.5. The molecule has 2 aromatic rings. The third-order valence-corrected chi connectivity index (χ3v) is 5.63. The molecule has 132 valence electrons. The molecule has 0 spiro atoms. The molecule has 6 heteroatoms. The summed E-state index contributed by atoms with van der Waals surface area (Å²) in [7, 11) is 3.93. The largest absolute Gasteiger partial charge is 0.356 e. The van der Waals surface area contributed by atoms with E-state index in [2.05, 4.69) is 65.9 Å². The molecular formula is C18H28N4S2. The smallest absolute Gasteiger partial charge is 0.193 e. The van der Waals surface area contributed by atoms with E-state index in [0.717, 1.165) is 31.9 Å². The summed E-state index contributed by atoms with van der Waals surface area (Å²) >= 11 is 3.56. The van der Waals surface area contributed by atoms with E-state index < -0.39 is 0 Å². The molecule has 0 aliphatic heterocycles. The lowest BCUT2D eigenvalue weighted by atomic mass is 9.93. The zero-order chi connectivity index (χ0) is 17.6. The minimum absolute atomic E-state index is 0.125. The first-order valence-electron chi connectivity index (χ1n) is 8.29. The Morgan fingerprint density at radius 2 is 2.08 bits per heavy atom. The van der Waals surface area contributed by atoms with Crippen LogP contribution in [0.4, 0.5) is 0 Å². The van der Waals surface area contributed by atoms with E-state index in [4.69, 9.17) is 4.98 Å². The zero-order valence-corrected chi connectivity index (χ0v) is 16.9. The lowest BCUT2D eigenvalue weighted by molar-refractivity contribution is 0.487. The molecule has 0 aliphatic carbocycles. The zero-order valence-electron chi connectivity index (χ0n) is 15.3. The van der Waals surface area contributed by atoms with E-state index in [1.54, 1.807) is 11.3 Å². The van der Waals surface area contributed by atoms with Crippen molar-refractivity contribution in [3.63, 3.8) is 0 Å². The van der Waals surface area contributed by atoms with E-state index >= 15 is 0 Å². The van der Waals surface area contributed by atoms with Crippen molar-refractivity contribution in [1.82, 2.24) is 15.2 Å². The second-order valence-electron chi connectivity index (χ2n) is 6.85. The van der Waals surface area contributed by atoms with Crippen molar-refractivity contribution in [2.45, 2.75) is 39.0 Å². The fourth-order valence-electron chi connectivity index (χ4n) is 2.27. The molecule has 0 radical (unpaired) electrons. The molecule has 0 bridgehead atoms. The molecule has 0 unspecified atom stereocenters. The van der Waals surface area contributed by atoms with E-state index in [9.17, 15) is 0 Å². The molecule has 0 atom stereocenters. The van der Waals surface area contributed by atoms with Gasteiger partial charge in [-0.15, -0.1) is 22.7 Å². The highest BCUT2D eigenvalue weighted by Crippen LogP contribution is 2.23. The van der Waals surface area contributed by atoms with Crippen molar-refractivity contribution < 1.29 is 0 Å². The summed E-state index contributed by atoms with van der Waals surface area (Å²) < 4.78 is 0. The van der Waals surface area contributed by atoms with Gasteiger partial charge in [0.15, 0.2) is 5.96 Å². The van der Waals surface area contributed by atoms with Crippen LogP contribution in [-0.2, 0) is 18.3 Å². The summed E-state index contributed by atoms with van der Waals surface area (Å²) in [6.07, 6.45) is 1.98. The Labute approximate surface area is 153 Å². The number of nitrogens with one attached hydrogen (secondary N) is 1. The van der Waals surface area contributed by atoms with E-state index in [0.29, 0.717) is 0 Å². The Bertz CT molecular complexity index is 638. The number of rotatable bonds is 6. The summed E-state index contributed by atoms with van der Waals surface area (Å²) in [6, 6.07) is 4.29. The van der Waals surface area contributed by atoms with Crippen molar-refractivity contribution in [2.24, 2.45) is 4.99 Å². The number of thiophene rings is 1. The van der Waals surface area contributed by atoms with Crippen molar-refractivity contribution in [1.29, 1.82) is 0 Å². The van der Waals surface area contributed by atoms with Crippen molar-refractivity contribution >= 4 is 28.6 Å². The second kappa shape index (κ2) is 8.62. The number of hydrogen-bond acceptors (Lipinski definition) is 4. The lowest BCUT2D eigenvalue weighted by Gasteiger charge is -2.21. The molecule has 0 aromatic carbocycles. The number of nitrogens with zero attached hydrogens (tertiary/aromatic N) is 3. The number of aliphatic imine (C=N–C) groups is 1. The molecule has 4 nitrogen and oxygen atoms in total. The summed E-state index contributed by atoms with van der Waals surface area (Å²) in [5, 5.41) is 8.93. The Kier molecular flexibility index (Phi) is 6.80. The van der Waals surface area contributed by atoms with Crippen LogP contribution in [0.25, 0.3) is 0 Å².